The van der Waals surface area contributed by atoms with Crippen molar-refractivity contribution in [3.63, 3.8) is 0 Å². The van der Waals surface area contributed by atoms with Crippen molar-refractivity contribution >= 4 is 24.3 Å². The fourth-order valence-corrected chi connectivity index (χ4v) is 2.53. The molecule has 2 heterocycles. The molecule has 3 rings (SSSR count). The van der Waals surface area contributed by atoms with Gasteiger partial charge < -0.3 is 15.1 Å². The molecular formula is C15H16ClN3O4. The molecule has 1 aliphatic rings. The summed E-state index contributed by atoms with van der Waals surface area (Å²) >= 11 is 0. The van der Waals surface area contributed by atoms with Gasteiger partial charge in [-0.2, -0.15) is 5.10 Å². The van der Waals surface area contributed by atoms with E-state index in [0.29, 0.717) is 13.0 Å². The highest BCUT2D eigenvalue weighted by atomic mass is 35.5. The van der Waals surface area contributed by atoms with Crippen LogP contribution in [0.5, 0.6) is 5.75 Å². The minimum Gasteiger partial charge on any atom is -0.504 e. The number of nitrogens with zero attached hydrogens (tertiary/aromatic N) is 3. The topological polar surface area (TPSA) is 95.7 Å². The maximum atomic E-state index is 12.4. The number of carbonyl (C=O) groups excluding carboxylic acids is 1. The Kier molecular flexibility index (Phi) is 4.90. The van der Waals surface area contributed by atoms with E-state index in [1.165, 1.54) is 15.8 Å². The van der Waals surface area contributed by atoms with Crippen molar-refractivity contribution in [3.8, 4) is 11.4 Å². The minimum absolute atomic E-state index is 0. The van der Waals surface area contributed by atoms with E-state index in [2.05, 4.69) is 5.10 Å². The van der Waals surface area contributed by atoms with E-state index in [4.69, 9.17) is 5.11 Å². The number of halogens is 1. The van der Waals surface area contributed by atoms with Gasteiger partial charge in [0, 0.05) is 13.1 Å². The maximum Gasteiger partial charge on any atom is 0.308 e. The lowest BCUT2D eigenvalue weighted by atomic mass is 10.1. The van der Waals surface area contributed by atoms with Crippen LogP contribution in [0.4, 0.5) is 0 Å². The summed E-state index contributed by atoms with van der Waals surface area (Å²) in [5.74, 6) is -2.12. The van der Waals surface area contributed by atoms with Gasteiger partial charge >= 0.3 is 5.97 Å². The van der Waals surface area contributed by atoms with Gasteiger partial charge in [-0.1, -0.05) is 18.2 Å². The second kappa shape index (κ2) is 6.70. The van der Waals surface area contributed by atoms with E-state index in [-0.39, 0.29) is 30.4 Å². The average Bonchev–Trinajstić information content (AvgIpc) is 3.14. The number of rotatable bonds is 3. The van der Waals surface area contributed by atoms with Gasteiger partial charge in [-0.15, -0.1) is 12.4 Å². The zero-order valence-corrected chi connectivity index (χ0v) is 12.9. The molecule has 122 valence electrons. The lowest BCUT2D eigenvalue weighted by molar-refractivity contribution is -0.141. The second-order valence-corrected chi connectivity index (χ2v) is 5.22. The number of carboxylic acid groups (broad SMARTS) is 1. The predicted molar refractivity (Wildman–Crippen MR) is 84.1 cm³/mol. The molecule has 0 aliphatic carbocycles. The van der Waals surface area contributed by atoms with E-state index >= 15 is 0 Å². The van der Waals surface area contributed by atoms with E-state index < -0.39 is 17.8 Å². The predicted octanol–water partition coefficient (Wildman–Crippen LogP) is 1.55. The molecule has 7 nitrogen and oxygen atoms in total. The molecule has 23 heavy (non-hydrogen) atoms. The van der Waals surface area contributed by atoms with Gasteiger partial charge in [-0.3, -0.25) is 9.59 Å². The molecule has 2 aromatic rings. The number of benzene rings is 1. The first-order chi connectivity index (χ1) is 10.6. The van der Waals surface area contributed by atoms with Crippen LogP contribution in [-0.4, -0.2) is 49.9 Å². The Morgan fingerprint density at radius 3 is 2.52 bits per heavy atom. The molecule has 1 fully saturated rings. The number of hydrogen-bond donors (Lipinski definition) is 2. The molecule has 2 N–H and O–H groups in total. The summed E-state index contributed by atoms with van der Waals surface area (Å²) in [6.07, 6.45) is 1.79. The van der Waals surface area contributed by atoms with Gasteiger partial charge in [0.2, 0.25) is 0 Å². The number of aromatic nitrogens is 2. The quantitative estimate of drug-likeness (QED) is 0.885. The van der Waals surface area contributed by atoms with Gasteiger partial charge in [0.05, 0.1) is 17.8 Å². The highest BCUT2D eigenvalue weighted by molar-refractivity contribution is 5.95. The van der Waals surface area contributed by atoms with Crippen LogP contribution < -0.4 is 0 Å². The number of amides is 1. The summed E-state index contributed by atoms with van der Waals surface area (Å²) in [4.78, 5) is 24.7. The molecule has 1 aromatic heterocycles. The zero-order chi connectivity index (χ0) is 15.7. The van der Waals surface area contributed by atoms with E-state index in [1.807, 2.05) is 18.2 Å². The first-order valence-corrected chi connectivity index (χ1v) is 6.92. The fraction of sp³-hybridized carbons (Fsp3) is 0.267. The molecule has 1 aromatic carbocycles. The smallest absolute Gasteiger partial charge is 0.308 e. The van der Waals surface area contributed by atoms with Crippen LogP contribution in [0.15, 0.2) is 36.5 Å². The lowest BCUT2D eigenvalue weighted by Gasteiger charge is -2.14. The van der Waals surface area contributed by atoms with E-state index in [1.54, 1.807) is 12.1 Å². The molecule has 1 aliphatic heterocycles. The third-order valence-electron chi connectivity index (χ3n) is 3.74. The van der Waals surface area contributed by atoms with Crippen LogP contribution in [0.3, 0.4) is 0 Å². The fourth-order valence-electron chi connectivity index (χ4n) is 2.53. The largest absolute Gasteiger partial charge is 0.504 e. The van der Waals surface area contributed by atoms with E-state index in [9.17, 15) is 14.7 Å². The van der Waals surface area contributed by atoms with Crippen molar-refractivity contribution in [2.24, 2.45) is 5.92 Å². The number of carbonyl (C=O) groups is 2. The molecule has 1 saturated heterocycles. The Labute approximate surface area is 138 Å². The van der Waals surface area contributed by atoms with Gasteiger partial charge in [-0.05, 0) is 18.6 Å². The van der Waals surface area contributed by atoms with E-state index in [0.717, 1.165) is 5.69 Å². The monoisotopic (exact) mass is 337 g/mol. The highest BCUT2D eigenvalue weighted by Gasteiger charge is 2.33. The Morgan fingerprint density at radius 1 is 1.22 bits per heavy atom. The minimum atomic E-state index is -0.908. The molecule has 0 bridgehead atoms. The second-order valence-electron chi connectivity index (χ2n) is 5.22. The van der Waals surface area contributed by atoms with Crippen molar-refractivity contribution in [2.75, 3.05) is 13.1 Å². The number of hydrogen-bond acceptors (Lipinski definition) is 4. The normalized spacial score (nSPS) is 16.9. The van der Waals surface area contributed by atoms with Crippen LogP contribution in [0, 0.1) is 5.92 Å². The molecule has 1 amide bonds. The highest BCUT2D eigenvalue weighted by Crippen LogP contribution is 2.23. The van der Waals surface area contributed by atoms with Crippen LogP contribution >= 0.6 is 12.4 Å². The third kappa shape index (κ3) is 3.29. The Hall–Kier alpha value is -2.54. The summed E-state index contributed by atoms with van der Waals surface area (Å²) in [6.45, 7) is 0.499. The van der Waals surface area contributed by atoms with Crippen LogP contribution in [-0.2, 0) is 4.79 Å². The number of aromatic hydroxyl groups is 1. The first kappa shape index (κ1) is 16.8. The Balaban J connectivity index is 0.00000192. The average molecular weight is 338 g/mol. The number of para-hydroxylation sites is 1. The summed E-state index contributed by atoms with van der Waals surface area (Å²) in [5.41, 5.74) is 0.663. The van der Waals surface area contributed by atoms with Crippen LogP contribution in [0.2, 0.25) is 0 Å². The molecular weight excluding hydrogens is 322 g/mol. The summed E-state index contributed by atoms with van der Waals surface area (Å²) < 4.78 is 1.42. The SMILES string of the molecule is Cl.O=C(O)C1CCN(C(=O)c2nn(-c3ccccc3)cc2O)C1. The maximum absolute atomic E-state index is 12.4. The third-order valence-corrected chi connectivity index (χ3v) is 3.74. The standard InChI is InChI=1S/C15H15N3O4.ClH/c19-12-9-18(11-4-2-1-3-5-11)16-13(12)14(20)17-7-6-10(8-17)15(21)22;/h1-5,9-10,19H,6-8H2,(H,21,22);1H. The Morgan fingerprint density at radius 2 is 1.91 bits per heavy atom. The molecule has 1 atom stereocenters. The lowest BCUT2D eigenvalue weighted by Crippen LogP contribution is -2.30. The van der Waals surface area contributed by atoms with Gasteiger partial charge in [0.25, 0.3) is 5.91 Å². The zero-order valence-electron chi connectivity index (χ0n) is 12.1. The van der Waals surface area contributed by atoms with Gasteiger partial charge in [0.1, 0.15) is 0 Å². The summed E-state index contributed by atoms with van der Waals surface area (Å²) in [5, 5.41) is 23.1. The molecule has 1 unspecified atom stereocenters. The van der Waals surface area contributed by atoms with Crippen molar-refractivity contribution in [2.45, 2.75) is 6.42 Å². The molecule has 0 spiro atoms. The van der Waals surface area contributed by atoms with Crippen molar-refractivity contribution in [1.29, 1.82) is 0 Å². The molecule has 8 heteroatoms. The molecule has 0 radical (unpaired) electrons. The number of likely N-dealkylation sites (tertiary alicyclic amines) is 1. The number of carboxylic acids is 1. The Bertz CT molecular complexity index is 717. The van der Waals surface area contributed by atoms with Crippen LogP contribution in [0.1, 0.15) is 16.9 Å². The van der Waals surface area contributed by atoms with Gasteiger partial charge in [-0.25, -0.2) is 4.68 Å². The first-order valence-electron chi connectivity index (χ1n) is 6.92. The summed E-state index contributed by atoms with van der Waals surface area (Å²) in [6, 6.07) is 9.12. The molecule has 0 saturated carbocycles. The summed E-state index contributed by atoms with van der Waals surface area (Å²) in [7, 11) is 0. The number of aliphatic carboxylic acids is 1. The van der Waals surface area contributed by atoms with Crippen molar-refractivity contribution < 1.29 is 19.8 Å². The van der Waals surface area contributed by atoms with Crippen molar-refractivity contribution in [1.82, 2.24) is 14.7 Å². The van der Waals surface area contributed by atoms with Gasteiger partial charge in [0.15, 0.2) is 11.4 Å². The van der Waals surface area contributed by atoms with Crippen LogP contribution in [0.25, 0.3) is 5.69 Å². The van der Waals surface area contributed by atoms with Crippen molar-refractivity contribution in [3.05, 3.63) is 42.2 Å².